The Morgan fingerprint density at radius 3 is 2.33 bits per heavy atom. The van der Waals surface area contributed by atoms with E-state index in [2.05, 4.69) is 10.1 Å². The first-order valence-corrected chi connectivity index (χ1v) is 6.86. The number of urea groups is 1. The number of carbonyl (C=O) groups is 3. The summed E-state index contributed by atoms with van der Waals surface area (Å²) in [6, 6.07) is -1.11. The van der Waals surface area contributed by atoms with Crippen molar-refractivity contribution in [1.29, 1.82) is 0 Å². The number of amides is 3. The molecule has 1 rings (SSSR count). The minimum absolute atomic E-state index is 0.0725. The van der Waals surface area contributed by atoms with Crippen LogP contribution < -0.4 is 5.32 Å². The highest BCUT2D eigenvalue weighted by Crippen LogP contribution is 2.18. The molecule has 3 amide bonds. The lowest BCUT2D eigenvalue weighted by Crippen LogP contribution is -2.50. The number of nitrogens with zero attached hydrogens (tertiary/aromatic N) is 2. The molecule has 8 heteroatoms. The van der Waals surface area contributed by atoms with Crippen molar-refractivity contribution in [3.05, 3.63) is 0 Å². The van der Waals surface area contributed by atoms with Gasteiger partial charge in [0.15, 0.2) is 6.04 Å². The number of aliphatic hydroxyl groups is 1. The number of rotatable bonds is 4. The van der Waals surface area contributed by atoms with Gasteiger partial charge in [-0.15, -0.1) is 0 Å². The number of carbonyl (C=O) groups excluding carboxylic acids is 3. The van der Waals surface area contributed by atoms with Crippen LogP contribution >= 0.6 is 0 Å². The summed E-state index contributed by atoms with van der Waals surface area (Å²) in [6.45, 7) is 0.491. The van der Waals surface area contributed by atoms with Crippen molar-refractivity contribution in [2.24, 2.45) is 5.92 Å². The van der Waals surface area contributed by atoms with Crippen molar-refractivity contribution in [3.63, 3.8) is 0 Å². The van der Waals surface area contributed by atoms with Crippen LogP contribution in [0.1, 0.15) is 12.8 Å². The second-order valence-electron chi connectivity index (χ2n) is 5.21. The first-order valence-electron chi connectivity index (χ1n) is 6.86. The van der Waals surface area contributed by atoms with Crippen molar-refractivity contribution >= 4 is 17.9 Å². The molecule has 0 saturated carbocycles. The van der Waals surface area contributed by atoms with Gasteiger partial charge in [0.25, 0.3) is 0 Å². The van der Waals surface area contributed by atoms with Gasteiger partial charge >= 0.3 is 12.0 Å². The smallest absolute Gasteiger partial charge is 0.330 e. The number of aliphatic hydroxyl groups excluding tert-OH is 1. The molecule has 0 spiro atoms. The SMILES string of the molecule is COC(=O)C(CO)NC(=O)C1CCN(C(=O)N(C)C)CC1. The summed E-state index contributed by atoms with van der Waals surface area (Å²) in [5.41, 5.74) is 0. The number of methoxy groups -OCH3 is 1. The van der Waals surface area contributed by atoms with E-state index in [0.29, 0.717) is 25.9 Å². The molecule has 0 aromatic carbocycles. The number of esters is 1. The lowest BCUT2D eigenvalue weighted by Gasteiger charge is -2.33. The van der Waals surface area contributed by atoms with Crippen LogP contribution in [0.15, 0.2) is 0 Å². The predicted molar refractivity (Wildman–Crippen MR) is 74.4 cm³/mol. The van der Waals surface area contributed by atoms with E-state index in [-0.39, 0.29) is 17.9 Å². The van der Waals surface area contributed by atoms with Gasteiger partial charge in [0.1, 0.15) is 0 Å². The van der Waals surface area contributed by atoms with Gasteiger partial charge in [-0.05, 0) is 12.8 Å². The molecular weight excluding hydrogens is 278 g/mol. The molecule has 2 N–H and O–H groups in total. The molecule has 0 radical (unpaired) electrons. The van der Waals surface area contributed by atoms with Crippen LogP contribution in [0, 0.1) is 5.92 Å². The summed E-state index contributed by atoms with van der Waals surface area (Å²) in [7, 11) is 4.56. The van der Waals surface area contributed by atoms with Crippen molar-refractivity contribution in [2.45, 2.75) is 18.9 Å². The van der Waals surface area contributed by atoms with Crippen LogP contribution in [0.5, 0.6) is 0 Å². The van der Waals surface area contributed by atoms with Crippen LogP contribution in [-0.2, 0) is 14.3 Å². The minimum Gasteiger partial charge on any atom is -0.467 e. The van der Waals surface area contributed by atoms with E-state index >= 15 is 0 Å². The number of hydrogen-bond donors (Lipinski definition) is 2. The van der Waals surface area contributed by atoms with E-state index in [0.717, 1.165) is 0 Å². The fraction of sp³-hybridized carbons (Fsp3) is 0.769. The number of hydrogen-bond acceptors (Lipinski definition) is 5. The molecule has 1 unspecified atom stereocenters. The van der Waals surface area contributed by atoms with Crippen LogP contribution in [0.25, 0.3) is 0 Å². The summed E-state index contributed by atoms with van der Waals surface area (Å²) in [6.07, 6.45) is 1.06. The Kier molecular flexibility index (Phi) is 6.41. The topological polar surface area (TPSA) is 99.2 Å². The largest absolute Gasteiger partial charge is 0.467 e. The van der Waals surface area contributed by atoms with E-state index < -0.39 is 18.6 Å². The summed E-state index contributed by atoms with van der Waals surface area (Å²) >= 11 is 0. The summed E-state index contributed by atoms with van der Waals surface area (Å²) < 4.78 is 4.49. The Labute approximate surface area is 124 Å². The number of piperidine rings is 1. The molecule has 1 fully saturated rings. The fourth-order valence-electron chi connectivity index (χ4n) is 2.23. The molecule has 8 nitrogen and oxygen atoms in total. The number of likely N-dealkylation sites (tertiary alicyclic amines) is 1. The molecule has 1 atom stereocenters. The summed E-state index contributed by atoms with van der Waals surface area (Å²) in [5.74, 6) is -1.24. The third kappa shape index (κ3) is 4.59. The van der Waals surface area contributed by atoms with E-state index in [1.54, 1.807) is 19.0 Å². The third-order valence-electron chi connectivity index (χ3n) is 3.50. The second kappa shape index (κ2) is 7.82. The molecule has 120 valence electrons. The van der Waals surface area contributed by atoms with Crippen molar-refractivity contribution in [2.75, 3.05) is 40.9 Å². The van der Waals surface area contributed by atoms with Gasteiger partial charge in [-0.1, -0.05) is 0 Å². The molecule has 0 aromatic heterocycles. The van der Waals surface area contributed by atoms with Crippen molar-refractivity contribution in [3.8, 4) is 0 Å². The molecule has 0 aromatic rings. The molecule has 1 heterocycles. The highest BCUT2D eigenvalue weighted by atomic mass is 16.5. The van der Waals surface area contributed by atoms with Gasteiger partial charge in [-0.3, -0.25) is 4.79 Å². The van der Waals surface area contributed by atoms with E-state index in [1.165, 1.54) is 12.0 Å². The molecule has 1 aliphatic rings. The lowest BCUT2D eigenvalue weighted by atomic mass is 9.95. The predicted octanol–water partition coefficient (Wildman–Crippen LogP) is -0.970. The average Bonchev–Trinajstić information content (AvgIpc) is 2.50. The average molecular weight is 301 g/mol. The Hall–Kier alpha value is -1.83. The fourth-order valence-corrected chi connectivity index (χ4v) is 2.23. The van der Waals surface area contributed by atoms with Gasteiger partial charge in [0.2, 0.25) is 5.91 Å². The van der Waals surface area contributed by atoms with Gasteiger partial charge in [-0.25, -0.2) is 9.59 Å². The van der Waals surface area contributed by atoms with Crippen molar-refractivity contribution in [1.82, 2.24) is 15.1 Å². The summed E-state index contributed by atoms with van der Waals surface area (Å²) in [5, 5.41) is 11.6. The zero-order valence-corrected chi connectivity index (χ0v) is 12.7. The van der Waals surface area contributed by atoms with Crippen LogP contribution in [0.3, 0.4) is 0 Å². The number of nitrogens with one attached hydrogen (secondary N) is 1. The normalized spacial score (nSPS) is 17.0. The highest BCUT2D eigenvalue weighted by molar-refractivity contribution is 5.86. The van der Waals surface area contributed by atoms with Gasteiger partial charge < -0.3 is 25.0 Å². The van der Waals surface area contributed by atoms with Crippen LogP contribution in [-0.4, -0.2) is 79.8 Å². The van der Waals surface area contributed by atoms with E-state index in [9.17, 15) is 14.4 Å². The molecule has 1 aliphatic heterocycles. The maximum Gasteiger partial charge on any atom is 0.330 e. The first kappa shape index (κ1) is 17.2. The molecule has 1 saturated heterocycles. The molecule has 21 heavy (non-hydrogen) atoms. The van der Waals surface area contributed by atoms with Crippen molar-refractivity contribution < 1.29 is 24.2 Å². The quantitative estimate of drug-likeness (QED) is 0.651. The number of ether oxygens (including phenoxy) is 1. The maximum atomic E-state index is 12.1. The van der Waals surface area contributed by atoms with Crippen LogP contribution in [0.2, 0.25) is 0 Å². The monoisotopic (exact) mass is 301 g/mol. The Morgan fingerprint density at radius 2 is 1.90 bits per heavy atom. The van der Waals surface area contributed by atoms with Gasteiger partial charge in [0, 0.05) is 33.1 Å². The maximum absolute atomic E-state index is 12.1. The molecule has 0 aliphatic carbocycles. The Balaban J connectivity index is 2.48. The van der Waals surface area contributed by atoms with Gasteiger partial charge in [-0.2, -0.15) is 0 Å². The van der Waals surface area contributed by atoms with Crippen LogP contribution in [0.4, 0.5) is 4.79 Å². The summed E-state index contributed by atoms with van der Waals surface area (Å²) in [4.78, 5) is 38.3. The van der Waals surface area contributed by atoms with E-state index in [4.69, 9.17) is 5.11 Å². The Morgan fingerprint density at radius 1 is 1.33 bits per heavy atom. The lowest BCUT2D eigenvalue weighted by molar-refractivity contribution is -0.146. The highest BCUT2D eigenvalue weighted by Gasteiger charge is 2.30. The molecular formula is C13H23N3O5. The molecule has 0 bridgehead atoms. The van der Waals surface area contributed by atoms with Gasteiger partial charge in [0.05, 0.1) is 13.7 Å². The zero-order chi connectivity index (χ0) is 16.0. The third-order valence-corrected chi connectivity index (χ3v) is 3.50. The second-order valence-corrected chi connectivity index (χ2v) is 5.21. The Bertz CT molecular complexity index is 391. The minimum atomic E-state index is -1.04. The standard InChI is InChI=1S/C13H23N3O5/c1-15(2)13(20)16-6-4-9(5-7-16)11(18)14-10(8-17)12(19)21-3/h9-10,17H,4-8H2,1-3H3,(H,14,18). The van der Waals surface area contributed by atoms with E-state index in [1.807, 2.05) is 0 Å². The first-order chi connectivity index (χ1) is 9.90. The zero-order valence-electron chi connectivity index (χ0n) is 12.7.